The van der Waals surface area contributed by atoms with Gasteiger partial charge in [-0.2, -0.15) is 0 Å². The highest BCUT2D eigenvalue weighted by atomic mass is 19.2. The molecule has 2 unspecified atom stereocenters. The first-order valence-corrected chi connectivity index (χ1v) is 7.92. The Labute approximate surface area is 135 Å². The number of ether oxygens (including phenoxy) is 1. The van der Waals surface area contributed by atoms with E-state index >= 15 is 0 Å². The number of carbonyl (C=O) groups excluding carboxylic acids is 1. The quantitative estimate of drug-likeness (QED) is 0.890. The third-order valence-corrected chi connectivity index (χ3v) is 3.80. The Bertz CT molecular complexity index is 558. The maximum absolute atomic E-state index is 13.7. The maximum atomic E-state index is 13.7. The third kappa shape index (κ3) is 5.16. The molecule has 2 rings (SSSR count). The van der Waals surface area contributed by atoms with E-state index in [0.717, 1.165) is 25.3 Å². The molecule has 1 aliphatic rings. The molecule has 2 N–H and O–H groups in total. The molecule has 0 spiro atoms. The van der Waals surface area contributed by atoms with Gasteiger partial charge in [-0.3, -0.25) is 0 Å². The number of halogens is 2. The third-order valence-electron chi connectivity index (χ3n) is 3.80. The number of hydrogen-bond donors (Lipinski definition) is 2. The summed E-state index contributed by atoms with van der Waals surface area (Å²) in [7, 11) is 0. The molecule has 2 atom stereocenters. The SMILES string of the molecule is CC(C)(C)OC(=O)NC1CCCC1NCc1cccc(F)c1F. The van der Waals surface area contributed by atoms with Crippen LogP contribution in [0.2, 0.25) is 0 Å². The van der Waals surface area contributed by atoms with Crippen LogP contribution >= 0.6 is 0 Å². The molecule has 0 saturated heterocycles. The lowest BCUT2D eigenvalue weighted by Gasteiger charge is -2.25. The highest BCUT2D eigenvalue weighted by Gasteiger charge is 2.30. The van der Waals surface area contributed by atoms with Crippen LogP contribution in [0.5, 0.6) is 0 Å². The zero-order valence-electron chi connectivity index (χ0n) is 13.8. The monoisotopic (exact) mass is 326 g/mol. The first-order chi connectivity index (χ1) is 10.8. The van der Waals surface area contributed by atoms with Crippen LogP contribution in [-0.2, 0) is 11.3 Å². The van der Waals surface area contributed by atoms with Gasteiger partial charge in [-0.05, 0) is 46.1 Å². The van der Waals surface area contributed by atoms with Crippen LogP contribution in [0.25, 0.3) is 0 Å². The van der Waals surface area contributed by atoms with Crippen LogP contribution < -0.4 is 10.6 Å². The first kappa shape index (κ1) is 17.7. The van der Waals surface area contributed by atoms with Gasteiger partial charge in [0.1, 0.15) is 5.60 Å². The van der Waals surface area contributed by atoms with E-state index in [4.69, 9.17) is 4.74 Å². The van der Waals surface area contributed by atoms with E-state index in [9.17, 15) is 13.6 Å². The van der Waals surface area contributed by atoms with E-state index in [1.54, 1.807) is 6.07 Å². The molecule has 1 aromatic carbocycles. The van der Waals surface area contributed by atoms with Gasteiger partial charge in [0.25, 0.3) is 0 Å². The number of alkyl carbamates (subject to hydrolysis) is 1. The van der Waals surface area contributed by atoms with Gasteiger partial charge in [0.2, 0.25) is 0 Å². The van der Waals surface area contributed by atoms with Crippen LogP contribution in [0.15, 0.2) is 18.2 Å². The fourth-order valence-corrected chi connectivity index (χ4v) is 2.76. The molecule has 128 valence electrons. The van der Waals surface area contributed by atoms with Gasteiger partial charge in [0, 0.05) is 24.2 Å². The molecule has 0 radical (unpaired) electrons. The second-order valence-corrected chi connectivity index (χ2v) is 6.88. The van der Waals surface area contributed by atoms with E-state index < -0.39 is 23.3 Å². The highest BCUT2D eigenvalue weighted by Crippen LogP contribution is 2.21. The summed E-state index contributed by atoms with van der Waals surface area (Å²) in [5.74, 6) is -1.67. The van der Waals surface area contributed by atoms with Crippen molar-refractivity contribution in [3.8, 4) is 0 Å². The van der Waals surface area contributed by atoms with Gasteiger partial charge in [-0.15, -0.1) is 0 Å². The van der Waals surface area contributed by atoms with E-state index in [1.165, 1.54) is 6.07 Å². The number of hydrogen-bond acceptors (Lipinski definition) is 3. The van der Waals surface area contributed by atoms with Crippen molar-refractivity contribution in [2.24, 2.45) is 0 Å². The Hall–Kier alpha value is -1.69. The summed E-state index contributed by atoms with van der Waals surface area (Å²) in [5, 5.41) is 6.06. The largest absolute Gasteiger partial charge is 0.444 e. The Balaban J connectivity index is 1.89. The average molecular weight is 326 g/mol. The number of amides is 1. The van der Waals surface area contributed by atoms with E-state index in [1.807, 2.05) is 20.8 Å². The van der Waals surface area contributed by atoms with Crippen molar-refractivity contribution in [1.29, 1.82) is 0 Å². The number of rotatable bonds is 4. The second kappa shape index (κ2) is 7.25. The molecule has 1 fully saturated rings. The standard InChI is InChI=1S/C17H24F2N2O2/c1-17(2,3)23-16(22)21-14-9-5-8-13(14)20-10-11-6-4-7-12(18)15(11)19/h4,6-7,13-14,20H,5,8-10H2,1-3H3,(H,21,22). The summed E-state index contributed by atoms with van der Waals surface area (Å²) >= 11 is 0. The number of benzene rings is 1. The fourth-order valence-electron chi connectivity index (χ4n) is 2.76. The summed E-state index contributed by atoms with van der Waals surface area (Å²) in [5.41, 5.74) is -0.260. The molecule has 1 aliphatic carbocycles. The minimum Gasteiger partial charge on any atom is -0.444 e. The molecular formula is C17H24F2N2O2. The molecule has 0 bridgehead atoms. The van der Waals surface area contributed by atoms with Gasteiger partial charge in [-0.1, -0.05) is 12.1 Å². The molecule has 1 amide bonds. The van der Waals surface area contributed by atoms with Crippen molar-refractivity contribution in [3.63, 3.8) is 0 Å². The molecule has 23 heavy (non-hydrogen) atoms. The van der Waals surface area contributed by atoms with E-state index in [-0.39, 0.29) is 24.2 Å². The summed E-state index contributed by atoms with van der Waals surface area (Å²) in [6.45, 7) is 5.65. The van der Waals surface area contributed by atoms with Crippen LogP contribution in [0.3, 0.4) is 0 Å². The molecule has 0 aliphatic heterocycles. The van der Waals surface area contributed by atoms with Crippen LogP contribution in [0, 0.1) is 11.6 Å². The van der Waals surface area contributed by atoms with E-state index in [0.29, 0.717) is 0 Å². The highest BCUT2D eigenvalue weighted by molar-refractivity contribution is 5.68. The predicted octanol–water partition coefficient (Wildman–Crippen LogP) is 3.50. The topological polar surface area (TPSA) is 50.4 Å². The van der Waals surface area contributed by atoms with Crippen LogP contribution in [0.4, 0.5) is 13.6 Å². The molecule has 6 heteroatoms. The minimum atomic E-state index is -0.848. The van der Waals surface area contributed by atoms with Gasteiger partial charge < -0.3 is 15.4 Å². The van der Waals surface area contributed by atoms with Gasteiger partial charge >= 0.3 is 6.09 Å². The Morgan fingerprint density at radius 2 is 1.96 bits per heavy atom. The Morgan fingerprint density at radius 3 is 2.65 bits per heavy atom. The molecular weight excluding hydrogens is 302 g/mol. The normalized spacial score (nSPS) is 21.3. The van der Waals surface area contributed by atoms with Gasteiger partial charge in [0.15, 0.2) is 11.6 Å². The van der Waals surface area contributed by atoms with Crippen molar-refractivity contribution in [3.05, 3.63) is 35.4 Å². The van der Waals surface area contributed by atoms with Crippen LogP contribution in [0.1, 0.15) is 45.6 Å². The fraction of sp³-hybridized carbons (Fsp3) is 0.588. The van der Waals surface area contributed by atoms with Crippen molar-refractivity contribution >= 4 is 6.09 Å². The lowest BCUT2D eigenvalue weighted by Crippen LogP contribution is -2.47. The number of carbonyl (C=O) groups is 1. The zero-order valence-corrected chi connectivity index (χ0v) is 13.8. The van der Waals surface area contributed by atoms with Crippen molar-refractivity contribution < 1.29 is 18.3 Å². The summed E-state index contributed by atoms with van der Waals surface area (Å²) in [6, 6.07) is 4.09. The van der Waals surface area contributed by atoms with Crippen molar-refractivity contribution in [2.45, 2.75) is 64.3 Å². The molecule has 0 heterocycles. The maximum Gasteiger partial charge on any atom is 0.407 e. The lowest BCUT2D eigenvalue weighted by molar-refractivity contribution is 0.0498. The Morgan fingerprint density at radius 1 is 1.26 bits per heavy atom. The smallest absolute Gasteiger partial charge is 0.407 e. The minimum absolute atomic E-state index is 0.0187. The number of nitrogens with one attached hydrogen (secondary N) is 2. The average Bonchev–Trinajstić information content (AvgIpc) is 2.85. The first-order valence-electron chi connectivity index (χ1n) is 7.92. The van der Waals surface area contributed by atoms with Crippen LogP contribution in [-0.4, -0.2) is 23.8 Å². The van der Waals surface area contributed by atoms with Gasteiger partial charge in [0.05, 0.1) is 0 Å². The van der Waals surface area contributed by atoms with Gasteiger partial charge in [-0.25, -0.2) is 13.6 Å². The van der Waals surface area contributed by atoms with Crippen molar-refractivity contribution in [2.75, 3.05) is 0 Å². The zero-order chi connectivity index (χ0) is 17.0. The van der Waals surface area contributed by atoms with Crippen molar-refractivity contribution in [1.82, 2.24) is 10.6 Å². The predicted molar refractivity (Wildman–Crippen MR) is 84.0 cm³/mol. The Kier molecular flexibility index (Phi) is 5.57. The van der Waals surface area contributed by atoms with E-state index in [2.05, 4.69) is 10.6 Å². The second-order valence-electron chi connectivity index (χ2n) is 6.88. The lowest BCUT2D eigenvalue weighted by atomic mass is 10.1. The summed E-state index contributed by atoms with van der Waals surface area (Å²) in [6.07, 6.45) is 2.22. The molecule has 1 aromatic rings. The molecule has 1 saturated carbocycles. The summed E-state index contributed by atoms with van der Waals surface area (Å²) < 4.78 is 32.1. The molecule has 4 nitrogen and oxygen atoms in total. The molecule has 0 aromatic heterocycles. The summed E-state index contributed by atoms with van der Waals surface area (Å²) in [4.78, 5) is 11.9.